The molecular weight excluding hydrogens is 386 g/mol. The minimum Gasteiger partial charge on any atom is -0.456 e. The van der Waals surface area contributed by atoms with E-state index in [0.29, 0.717) is 28.7 Å². The molecule has 1 amide bonds. The molecule has 3 aromatic rings. The molecule has 3 aromatic carbocycles. The molecule has 1 aliphatic rings. The molecule has 152 valence electrons. The highest BCUT2D eigenvalue weighted by molar-refractivity contribution is 5.98. The number of hydrogen-bond acceptors (Lipinski definition) is 6. The van der Waals surface area contributed by atoms with E-state index in [1.54, 1.807) is 54.6 Å². The van der Waals surface area contributed by atoms with Crippen LogP contribution in [0.3, 0.4) is 0 Å². The van der Waals surface area contributed by atoms with Crippen molar-refractivity contribution in [2.75, 3.05) is 12.1 Å². The first kappa shape index (κ1) is 19.3. The summed E-state index contributed by atoms with van der Waals surface area (Å²) in [5, 5.41) is 2.70. The summed E-state index contributed by atoms with van der Waals surface area (Å²) in [6.07, 6.45) is -1.02. The number of carbonyl (C=O) groups excluding carboxylic acids is 2. The Morgan fingerprint density at radius 3 is 2.50 bits per heavy atom. The maximum atomic E-state index is 12.7. The summed E-state index contributed by atoms with van der Waals surface area (Å²) in [4.78, 5) is 25.1. The number of rotatable bonds is 6. The average Bonchev–Trinajstić information content (AvgIpc) is 3.22. The molecule has 30 heavy (non-hydrogen) atoms. The van der Waals surface area contributed by atoms with Crippen molar-refractivity contribution in [3.8, 4) is 23.0 Å². The third-order valence-electron chi connectivity index (χ3n) is 4.37. The van der Waals surface area contributed by atoms with E-state index >= 15 is 0 Å². The van der Waals surface area contributed by atoms with Crippen molar-refractivity contribution in [1.82, 2.24) is 0 Å². The van der Waals surface area contributed by atoms with Gasteiger partial charge in [-0.3, -0.25) is 4.79 Å². The Morgan fingerprint density at radius 1 is 0.933 bits per heavy atom. The Morgan fingerprint density at radius 2 is 1.67 bits per heavy atom. The van der Waals surface area contributed by atoms with E-state index in [-0.39, 0.29) is 12.4 Å². The fourth-order valence-electron chi connectivity index (χ4n) is 2.84. The van der Waals surface area contributed by atoms with Gasteiger partial charge in [-0.05, 0) is 43.3 Å². The van der Waals surface area contributed by atoms with Crippen molar-refractivity contribution in [3.63, 3.8) is 0 Å². The van der Waals surface area contributed by atoms with E-state index in [9.17, 15) is 9.59 Å². The van der Waals surface area contributed by atoms with Crippen LogP contribution >= 0.6 is 0 Å². The Hall–Kier alpha value is -4.00. The molecule has 0 radical (unpaired) electrons. The summed E-state index contributed by atoms with van der Waals surface area (Å²) in [6, 6.07) is 20.8. The van der Waals surface area contributed by atoms with Gasteiger partial charge in [0.1, 0.15) is 17.1 Å². The van der Waals surface area contributed by atoms with Crippen LogP contribution in [0.15, 0.2) is 72.8 Å². The van der Waals surface area contributed by atoms with Crippen LogP contribution in [-0.2, 0) is 9.53 Å². The SMILES string of the molecule is CC(OC(=O)c1ccccc1Oc1ccccc1)C(=O)Nc1ccc2c(c1)OCO2. The molecule has 0 saturated carbocycles. The maximum absolute atomic E-state index is 12.7. The topological polar surface area (TPSA) is 83.1 Å². The molecule has 1 unspecified atom stereocenters. The molecule has 1 heterocycles. The van der Waals surface area contributed by atoms with Crippen LogP contribution < -0.4 is 19.5 Å². The second kappa shape index (κ2) is 8.57. The van der Waals surface area contributed by atoms with Crippen molar-refractivity contribution in [2.24, 2.45) is 0 Å². The Kier molecular flexibility index (Phi) is 5.52. The second-order valence-electron chi connectivity index (χ2n) is 6.52. The second-order valence-corrected chi connectivity index (χ2v) is 6.52. The third kappa shape index (κ3) is 4.35. The molecule has 1 N–H and O–H groups in total. The Bertz CT molecular complexity index is 1070. The summed E-state index contributed by atoms with van der Waals surface area (Å²) >= 11 is 0. The van der Waals surface area contributed by atoms with Crippen LogP contribution in [0.2, 0.25) is 0 Å². The Labute approximate surface area is 173 Å². The van der Waals surface area contributed by atoms with Gasteiger partial charge in [-0.15, -0.1) is 0 Å². The smallest absolute Gasteiger partial charge is 0.342 e. The van der Waals surface area contributed by atoms with Crippen molar-refractivity contribution in [2.45, 2.75) is 13.0 Å². The van der Waals surface area contributed by atoms with E-state index in [1.165, 1.54) is 6.92 Å². The van der Waals surface area contributed by atoms with Gasteiger partial charge in [-0.1, -0.05) is 30.3 Å². The largest absolute Gasteiger partial charge is 0.456 e. The predicted octanol–water partition coefficient (Wildman–Crippen LogP) is 4.39. The van der Waals surface area contributed by atoms with Crippen LogP contribution in [0.25, 0.3) is 0 Å². The number of anilines is 1. The molecule has 0 fully saturated rings. The van der Waals surface area contributed by atoms with Crippen molar-refractivity contribution in [3.05, 3.63) is 78.4 Å². The summed E-state index contributed by atoms with van der Waals surface area (Å²) < 4.78 is 21.7. The molecule has 0 aromatic heterocycles. The van der Waals surface area contributed by atoms with E-state index in [0.717, 1.165) is 0 Å². The van der Waals surface area contributed by atoms with E-state index < -0.39 is 18.0 Å². The first-order chi connectivity index (χ1) is 14.6. The lowest BCUT2D eigenvalue weighted by molar-refractivity contribution is -0.123. The van der Waals surface area contributed by atoms with Crippen LogP contribution in [0.5, 0.6) is 23.0 Å². The number of fused-ring (bicyclic) bond motifs is 1. The summed E-state index contributed by atoms with van der Waals surface area (Å²) in [5.41, 5.74) is 0.740. The summed E-state index contributed by atoms with van der Waals surface area (Å²) in [7, 11) is 0. The maximum Gasteiger partial charge on any atom is 0.342 e. The van der Waals surface area contributed by atoms with Crippen LogP contribution in [0.4, 0.5) is 5.69 Å². The number of benzene rings is 3. The van der Waals surface area contributed by atoms with E-state index in [1.807, 2.05) is 18.2 Å². The normalized spacial score (nSPS) is 12.7. The quantitative estimate of drug-likeness (QED) is 0.613. The van der Waals surface area contributed by atoms with Gasteiger partial charge >= 0.3 is 5.97 Å². The molecule has 0 bridgehead atoms. The van der Waals surface area contributed by atoms with Gasteiger partial charge < -0.3 is 24.3 Å². The van der Waals surface area contributed by atoms with Gasteiger partial charge in [-0.2, -0.15) is 0 Å². The van der Waals surface area contributed by atoms with Crippen LogP contribution in [0.1, 0.15) is 17.3 Å². The molecular formula is C23H19NO6. The lowest BCUT2D eigenvalue weighted by Gasteiger charge is -2.15. The van der Waals surface area contributed by atoms with E-state index in [4.69, 9.17) is 18.9 Å². The number of para-hydroxylation sites is 2. The third-order valence-corrected chi connectivity index (χ3v) is 4.37. The molecule has 7 nitrogen and oxygen atoms in total. The monoisotopic (exact) mass is 405 g/mol. The zero-order valence-corrected chi connectivity index (χ0v) is 16.2. The standard InChI is InChI=1S/C23H19NO6/c1-15(22(25)24-16-11-12-20-21(13-16)28-14-27-20)29-23(26)18-9-5-6-10-19(18)30-17-7-3-2-4-8-17/h2-13,15H,14H2,1H3,(H,24,25). The lowest BCUT2D eigenvalue weighted by Crippen LogP contribution is -2.30. The fourth-order valence-corrected chi connectivity index (χ4v) is 2.84. The van der Waals surface area contributed by atoms with Gasteiger partial charge in [0.05, 0.1) is 0 Å². The minimum atomic E-state index is -1.02. The zero-order chi connectivity index (χ0) is 20.9. The first-order valence-corrected chi connectivity index (χ1v) is 9.33. The number of carbonyl (C=O) groups is 2. The highest BCUT2D eigenvalue weighted by Crippen LogP contribution is 2.34. The van der Waals surface area contributed by atoms with Crippen LogP contribution in [-0.4, -0.2) is 24.8 Å². The minimum absolute atomic E-state index is 0.144. The van der Waals surface area contributed by atoms with Gasteiger partial charge in [0, 0.05) is 11.8 Å². The van der Waals surface area contributed by atoms with Gasteiger partial charge in [-0.25, -0.2) is 4.79 Å². The molecule has 0 aliphatic carbocycles. The molecule has 1 atom stereocenters. The van der Waals surface area contributed by atoms with Crippen molar-refractivity contribution in [1.29, 1.82) is 0 Å². The molecule has 0 spiro atoms. The number of ether oxygens (including phenoxy) is 4. The summed E-state index contributed by atoms with van der Waals surface area (Å²) in [5.74, 6) is 0.967. The summed E-state index contributed by atoms with van der Waals surface area (Å²) in [6.45, 7) is 1.64. The highest BCUT2D eigenvalue weighted by Gasteiger charge is 2.22. The molecule has 4 rings (SSSR count). The number of esters is 1. The molecule has 7 heteroatoms. The Balaban J connectivity index is 1.41. The first-order valence-electron chi connectivity index (χ1n) is 9.33. The van der Waals surface area contributed by atoms with Crippen molar-refractivity contribution < 1.29 is 28.5 Å². The zero-order valence-electron chi connectivity index (χ0n) is 16.2. The molecule has 1 aliphatic heterocycles. The lowest BCUT2D eigenvalue weighted by atomic mass is 10.2. The van der Waals surface area contributed by atoms with Gasteiger partial charge in [0.2, 0.25) is 6.79 Å². The number of hydrogen-bond donors (Lipinski definition) is 1. The van der Waals surface area contributed by atoms with Gasteiger partial charge in [0.25, 0.3) is 5.91 Å². The van der Waals surface area contributed by atoms with E-state index in [2.05, 4.69) is 5.32 Å². The van der Waals surface area contributed by atoms with Crippen molar-refractivity contribution >= 4 is 17.6 Å². The fraction of sp³-hybridized carbons (Fsp3) is 0.130. The number of nitrogens with one attached hydrogen (secondary N) is 1. The van der Waals surface area contributed by atoms with Crippen LogP contribution in [0, 0.1) is 0 Å². The van der Waals surface area contributed by atoms with Gasteiger partial charge in [0.15, 0.2) is 17.6 Å². The average molecular weight is 405 g/mol. The predicted molar refractivity (Wildman–Crippen MR) is 109 cm³/mol. The number of amides is 1. The highest BCUT2D eigenvalue weighted by atomic mass is 16.7. The molecule has 0 saturated heterocycles.